The number of hydrogen-bond donors (Lipinski definition) is 2. The molecule has 3 N–H and O–H groups in total. The molecule has 0 aliphatic heterocycles. The van der Waals surface area contributed by atoms with Crippen molar-refractivity contribution in [1.82, 2.24) is 5.32 Å². The molecule has 106 valence electrons. The molecule has 0 aromatic carbocycles. The lowest BCUT2D eigenvalue weighted by Gasteiger charge is -2.28. The minimum atomic E-state index is 0.237. The van der Waals surface area contributed by atoms with Crippen LogP contribution >= 0.6 is 0 Å². The molecule has 1 atom stereocenters. The smallest absolute Gasteiger partial charge is 0.220 e. The minimum Gasteiger partial charge on any atom is -0.353 e. The number of amides is 1. The molecule has 1 amide bonds. The van der Waals surface area contributed by atoms with Gasteiger partial charge in [-0.2, -0.15) is 0 Å². The van der Waals surface area contributed by atoms with Gasteiger partial charge in [-0.3, -0.25) is 4.79 Å². The van der Waals surface area contributed by atoms with Gasteiger partial charge in [0.05, 0.1) is 0 Å². The minimum absolute atomic E-state index is 0.237. The Morgan fingerprint density at radius 3 is 2.50 bits per heavy atom. The summed E-state index contributed by atoms with van der Waals surface area (Å²) < 4.78 is 0. The summed E-state index contributed by atoms with van der Waals surface area (Å²) in [6, 6.07) is 0.363. The fourth-order valence-electron chi connectivity index (χ4n) is 2.86. The van der Waals surface area contributed by atoms with E-state index in [2.05, 4.69) is 12.2 Å². The highest BCUT2D eigenvalue weighted by Gasteiger charge is 2.20. The van der Waals surface area contributed by atoms with Crippen molar-refractivity contribution in [2.75, 3.05) is 6.54 Å². The maximum atomic E-state index is 11.8. The van der Waals surface area contributed by atoms with E-state index in [1.165, 1.54) is 32.1 Å². The molecule has 0 unspecified atom stereocenters. The molecule has 1 saturated carbocycles. The Kier molecular flexibility index (Phi) is 8.06. The van der Waals surface area contributed by atoms with E-state index in [0.29, 0.717) is 18.4 Å². The van der Waals surface area contributed by atoms with Crippen LogP contribution < -0.4 is 11.1 Å². The van der Waals surface area contributed by atoms with Gasteiger partial charge in [-0.05, 0) is 45.1 Å². The number of nitrogens with two attached hydrogens (primary N) is 1. The Balaban J connectivity index is 2.07. The first-order chi connectivity index (χ1) is 8.74. The van der Waals surface area contributed by atoms with E-state index in [1.807, 2.05) is 0 Å². The number of unbranched alkanes of at least 4 members (excludes halogenated alkanes) is 3. The van der Waals surface area contributed by atoms with Crippen molar-refractivity contribution >= 4 is 5.91 Å². The molecule has 1 fully saturated rings. The first-order valence-corrected chi connectivity index (χ1v) is 7.73. The predicted octanol–water partition coefficient (Wildman–Crippen LogP) is 2.98. The van der Waals surface area contributed by atoms with Gasteiger partial charge in [0.15, 0.2) is 0 Å². The summed E-state index contributed by atoms with van der Waals surface area (Å²) in [5, 5.41) is 3.18. The van der Waals surface area contributed by atoms with Gasteiger partial charge in [-0.15, -0.1) is 0 Å². The fourth-order valence-corrected chi connectivity index (χ4v) is 2.86. The standard InChI is InChI=1S/C15H30N2O/c1-13(14-9-5-4-6-10-14)17-15(18)11-7-2-3-8-12-16/h13-14H,2-12,16H2,1H3,(H,17,18)/t13-/m1/s1. The lowest BCUT2D eigenvalue weighted by molar-refractivity contribution is -0.122. The second-order valence-corrected chi connectivity index (χ2v) is 5.71. The number of carbonyl (C=O) groups is 1. The lowest BCUT2D eigenvalue weighted by Crippen LogP contribution is -2.38. The molecular weight excluding hydrogens is 224 g/mol. The maximum absolute atomic E-state index is 11.8. The number of nitrogens with one attached hydrogen (secondary N) is 1. The topological polar surface area (TPSA) is 55.1 Å². The zero-order valence-electron chi connectivity index (χ0n) is 11.9. The van der Waals surface area contributed by atoms with Gasteiger partial charge in [-0.1, -0.05) is 32.1 Å². The average molecular weight is 254 g/mol. The van der Waals surface area contributed by atoms with Crippen LogP contribution in [0.1, 0.15) is 71.1 Å². The number of hydrogen-bond acceptors (Lipinski definition) is 2. The molecule has 1 aliphatic rings. The van der Waals surface area contributed by atoms with Gasteiger partial charge in [-0.25, -0.2) is 0 Å². The summed E-state index contributed by atoms with van der Waals surface area (Å²) >= 11 is 0. The van der Waals surface area contributed by atoms with E-state index in [1.54, 1.807) is 0 Å². The van der Waals surface area contributed by atoms with Crippen LogP contribution in [0, 0.1) is 5.92 Å². The zero-order chi connectivity index (χ0) is 13.2. The number of carbonyl (C=O) groups excluding carboxylic acids is 1. The van der Waals surface area contributed by atoms with Gasteiger partial charge < -0.3 is 11.1 Å². The van der Waals surface area contributed by atoms with Crippen LogP contribution in [0.3, 0.4) is 0 Å². The highest BCUT2D eigenvalue weighted by molar-refractivity contribution is 5.76. The SMILES string of the molecule is C[C@@H](NC(=O)CCCCCCN)C1CCCCC1. The second kappa shape index (κ2) is 9.37. The van der Waals surface area contributed by atoms with Crippen molar-refractivity contribution in [2.45, 2.75) is 77.2 Å². The Labute approximate surface area is 112 Å². The first-order valence-electron chi connectivity index (χ1n) is 7.73. The molecule has 3 nitrogen and oxygen atoms in total. The molecule has 0 saturated heterocycles. The Morgan fingerprint density at radius 1 is 1.17 bits per heavy atom. The molecule has 0 heterocycles. The van der Waals surface area contributed by atoms with Gasteiger partial charge in [0.25, 0.3) is 0 Å². The Hall–Kier alpha value is -0.570. The number of rotatable bonds is 8. The van der Waals surface area contributed by atoms with Crippen LogP contribution in [-0.4, -0.2) is 18.5 Å². The summed E-state index contributed by atoms with van der Waals surface area (Å²) in [6.45, 7) is 2.94. The molecule has 0 aromatic heterocycles. The fraction of sp³-hybridized carbons (Fsp3) is 0.933. The highest BCUT2D eigenvalue weighted by atomic mass is 16.1. The van der Waals surface area contributed by atoms with Gasteiger partial charge >= 0.3 is 0 Å². The van der Waals surface area contributed by atoms with Gasteiger partial charge in [0.2, 0.25) is 5.91 Å². The van der Waals surface area contributed by atoms with Crippen molar-refractivity contribution < 1.29 is 4.79 Å². The van der Waals surface area contributed by atoms with Crippen LogP contribution in [0.2, 0.25) is 0 Å². The van der Waals surface area contributed by atoms with E-state index >= 15 is 0 Å². The monoisotopic (exact) mass is 254 g/mol. The normalized spacial score (nSPS) is 18.6. The van der Waals surface area contributed by atoms with Crippen LogP contribution in [0.4, 0.5) is 0 Å². The summed E-state index contributed by atoms with van der Waals surface area (Å²) in [7, 11) is 0. The molecule has 0 bridgehead atoms. The van der Waals surface area contributed by atoms with Crippen LogP contribution in [0.15, 0.2) is 0 Å². The third kappa shape index (κ3) is 6.39. The third-order valence-electron chi connectivity index (χ3n) is 4.10. The molecule has 0 spiro atoms. The van der Waals surface area contributed by atoms with E-state index < -0.39 is 0 Å². The largest absolute Gasteiger partial charge is 0.353 e. The molecule has 1 aliphatic carbocycles. The highest BCUT2D eigenvalue weighted by Crippen LogP contribution is 2.26. The molecule has 1 rings (SSSR count). The molecule has 0 aromatic rings. The molecule has 18 heavy (non-hydrogen) atoms. The lowest BCUT2D eigenvalue weighted by atomic mass is 9.84. The van der Waals surface area contributed by atoms with Crippen molar-refractivity contribution in [3.8, 4) is 0 Å². The van der Waals surface area contributed by atoms with Crippen molar-refractivity contribution in [3.63, 3.8) is 0 Å². The Morgan fingerprint density at radius 2 is 1.83 bits per heavy atom. The summed E-state index contributed by atoms with van der Waals surface area (Å²) in [4.78, 5) is 11.8. The first kappa shape index (κ1) is 15.5. The van der Waals surface area contributed by atoms with E-state index in [4.69, 9.17) is 5.73 Å². The molecule has 3 heteroatoms. The zero-order valence-corrected chi connectivity index (χ0v) is 11.9. The second-order valence-electron chi connectivity index (χ2n) is 5.71. The average Bonchev–Trinajstić information content (AvgIpc) is 2.39. The van der Waals surface area contributed by atoms with Crippen LogP contribution in [0.5, 0.6) is 0 Å². The van der Waals surface area contributed by atoms with E-state index in [-0.39, 0.29) is 5.91 Å². The predicted molar refractivity (Wildman–Crippen MR) is 76.3 cm³/mol. The quantitative estimate of drug-likeness (QED) is 0.654. The van der Waals surface area contributed by atoms with E-state index in [9.17, 15) is 4.79 Å². The third-order valence-corrected chi connectivity index (χ3v) is 4.10. The van der Waals surface area contributed by atoms with E-state index in [0.717, 1.165) is 32.2 Å². The summed E-state index contributed by atoms with van der Waals surface area (Å²) in [6.07, 6.45) is 11.7. The molecule has 0 radical (unpaired) electrons. The molecular formula is C15H30N2O. The van der Waals surface area contributed by atoms with Crippen molar-refractivity contribution in [1.29, 1.82) is 0 Å². The van der Waals surface area contributed by atoms with Gasteiger partial charge in [0, 0.05) is 12.5 Å². The van der Waals surface area contributed by atoms with Crippen molar-refractivity contribution in [2.24, 2.45) is 11.7 Å². The summed E-state index contributed by atoms with van der Waals surface area (Å²) in [5.41, 5.74) is 5.44. The van der Waals surface area contributed by atoms with Crippen LogP contribution in [0.25, 0.3) is 0 Å². The van der Waals surface area contributed by atoms with Crippen LogP contribution in [-0.2, 0) is 4.79 Å². The van der Waals surface area contributed by atoms with Crippen molar-refractivity contribution in [3.05, 3.63) is 0 Å². The van der Waals surface area contributed by atoms with Gasteiger partial charge in [0.1, 0.15) is 0 Å². The Bertz CT molecular complexity index is 225. The maximum Gasteiger partial charge on any atom is 0.220 e. The summed E-state index contributed by atoms with van der Waals surface area (Å²) in [5.74, 6) is 0.945.